The Bertz CT molecular complexity index is 329. The van der Waals surface area contributed by atoms with Crippen LogP contribution in [0.15, 0.2) is 6.07 Å². The summed E-state index contributed by atoms with van der Waals surface area (Å²) in [7, 11) is 0. The normalized spacial score (nSPS) is 21.3. The van der Waals surface area contributed by atoms with E-state index in [1.54, 1.807) is 0 Å². The Kier molecular flexibility index (Phi) is 2.12. The van der Waals surface area contributed by atoms with E-state index in [0.717, 1.165) is 18.9 Å². The van der Waals surface area contributed by atoms with Gasteiger partial charge in [-0.25, -0.2) is 0 Å². The molecule has 1 aliphatic heterocycles. The first-order chi connectivity index (χ1) is 6.68. The monoisotopic (exact) mass is 201 g/mol. The highest BCUT2D eigenvalue weighted by molar-refractivity contribution is 5.40. The van der Waals surface area contributed by atoms with Crippen LogP contribution >= 0.6 is 0 Å². The van der Waals surface area contributed by atoms with Gasteiger partial charge in [-0.15, -0.1) is 4.73 Å². The van der Waals surface area contributed by atoms with Crippen molar-refractivity contribution in [3.8, 4) is 17.5 Å². The molecule has 14 heavy (non-hydrogen) atoms. The zero-order chi connectivity index (χ0) is 10.1. The standard InChI is InChI=1S/C8H11NO5/c10-6-4-5(8(11)9(6)12)14-7-2-1-3-13-7/h4,7,10-12H,1-3H2. The number of nitrogens with zero attached hydrogens (tertiary/aromatic N) is 1. The summed E-state index contributed by atoms with van der Waals surface area (Å²) >= 11 is 0. The van der Waals surface area contributed by atoms with Crippen molar-refractivity contribution in [1.29, 1.82) is 0 Å². The molecule has 1 fully saturated rings. The van der Waals surface area contributed by atoms with Crippen molar-refractivity contribution in [3.63, 3.8) is 0 Å². The van der Waals surface area contributed by atoms with Gasteiger partial charge >= 0.3 is 0 Å². The van der Waals surface area contributed by atoms with Crippen LogP contribution in [0.2, 0.25) is 0 Å². The van der Waals surface area contributed by atoms with Crippen LogP contribution in [0.1, 0.15) is 12.8 Å². The van der Waals surface area contributed by atoms with Crippen LogP contribution in [-0.2, 0) is 4.74 Å². The lowest BCUT2D eigenvalue weighted by molar-refractivity contribution is -0.0410. The highest BCUT2D eigenvalue weighted by Crippen LogP contribution is 2.34. The summed E-state index contributed by atoms with van der Waals surface area (Å²) in [6.07, 6.45) is 1.22. The summed E-state index contributed by atoms with van der Waals surface area (Å²) in [5, 5.41) is 27.3. The van der Waals surface area contributed by atoms with Crippen LogP contribution in [0.3, 0.4) is 0 Å². The fraction of sp³-hybridized carbons (Fsp3) is 0.500. The van der Waals surface area contributed by atoms with Crippen LogP contribution in [0.25, 0.3) is 0 Å². The molecular formula is C8H11NO5. The first kappa shape index (κ1) is 9.01. The maximum absolute atomic E-state index is 9.25. The minimum absolute atomic E-state index is 0.0110. The van der Waals surface area contributed by atoms with Crippen molar-refractivity contribution in [1.82, 2.24) is 4.73 Å². The van der Waals surface area contributed by atoms with Crippen LogP contribution < -0.4 is 4.74 Å². The third kappa shape index (κ3) is 1.44. The van der Waals surface area contributed by atoms with Gasteiger partial charge in [0.15, 0.2) is 12.0 Å². The van der Waals surface area contributed by atoms with E-state index in [-0.39, 0.29) is 10.5 Å². The van der Waals surface area contributed by atoms with Crippen LogP contribution in [0.4, 0.5) is 0 Å². The van der Waals surface area contributed by atoms with Crippen LogP contribution in [-0.4, -0.2) is 33.0 Å². The summed E-state index contributed by atoms with van der Waals surface area (Å²) < 4.78 is 10.6. The van der Waals surface area contributed by atoms with E-state index in [0.29, 0.717) is 6.61 Å². The third-order valence-electron chi connectivity index (χ3n) is 2.04. The van der Waals surface area contributed by atoms with Gasteiger partial charge in [0.25, 0.3) is 5.88 Å². The molecule has 0 amide bonds. The average molecular weight is 201 g/mol. The average Bonchev–Trinajstić information content (AvgIpc) is 2.73. The molecule has 0 spiro atoms. The van der Waals surface area contributed by atoms with Crippen molar-refractivity contribution >= 4 is 0 Å². The molecular weight excluding hydrogens is 190 g/mol. The smallest absolute Gasteiger partial charge is 0.272 e. The fourth-order valence-corrected chi connectivity index (χ4v) is 1.33. The van der Waals surface area contributed by atoms with E-state index in [4.69, 9.17) is 19.8 Å². The van der Waals surface area contributed by atoms with Crippen molar-refractivity contribution < 1.29 is 24.9 Å². The van der Waals surface area contributed by atoms with Crippen LogP contribution in [0, 0.1) is 0 Å². The first-order valence-electron chi connectivity index (χ1n) is 4.29. The third-order valence-corrected chi connectivity index (χ3v) is 2.04. The molecule has 1 atom stereocenters. The maximum atomic E-state index is 9.25. The minimum atomic E-state index is -0.530. The zero-order valence-corrected chi connectivity index (χ0v) is 7.38. The number of rotatable bonds is 2. The number of aromatic nitrogens is 1. The molecule has 78 valence electrons. The first-order valence-corrected chi connectivity index (χ1v) is 4.29. The Morgan fingerprint density at radius 3 is 2.79 bits per heavy atom. The largest absolute Gasteiger partial charge is 0.492 e. The molecule has 0 bridgehead atoms. The van der Waals surface area contributed by atoms with E-state index in [1.807, 2.05) is 0 Å². The molecule has 0 radical (unpaired) electrons. The second-order valence-electron chi connectivity index (χ2n) is 3.06. The number of aromatic hydroxyl groups is 2. The van der Waals surface area contributed by atoms with Gasteiger partial charge in [-0.1, -0.05) is 0 Å². The Labute approximate surface area is 79.9 Å². The van der Waals surface area contributed by atoms with Gasteiger partial charge in [-0.2, -0.15) is 0 Å². The molecule has 1 aromatic rings. The zero-order valence-electron chi connectivity index (χ0n) is 7.38. The Balaban J connectivity index is 2.12. The van der Waals surface area contributed by atoms with Crippen molar-refractivity contribution in [2.45, 2.75) is 19.1 Å². The molecule has 0 aliphatic carbocycles. The van der Waals surface area contributed by atoms with Gasteiger partial charge in [-0.05, 0) is 6.42 Å². The molecule has 6 heteroatoms. The predicted octanol–water partition coefficient (Wildman–Crippen LogP) is 0.652. The van der Waals surface area contributed by atoms with Gasteiger partial charge in [0.2, 0.25) is 5.88 Å². The van der Waals surface area contributed by atoms with Crippen LogP contribution in [0.5, 0.6) is 17.5 Å². The molecule has 1 aliphatic rings. The summed E-state index contributed by atoms with van der Waals surface area (Å²) in [6, 6.07) is 1.12. The molecule has 2 heterocycles. The highest BCUT2D eigenvalue weighted by Gasteiger charge is 2.22. The van der Waals surface area contributed by atoms with E-state index in [1.165, 1.54) is 0 Å². The summed E-state index contributed by atoms with van der Waals surface area (Å²) in [6.45, 7) is 0.622. The van der Waals surface area contributed by atoms with Gasteiger partial charge in [0.05, 0.1) is 6.61 Å². The summed E-state index contributed by atoms with van der Waals surface area (Å²) in [5.41, 5.74) is 0. The minimum Gasteiger partial charge on any atom is -0.492 e. The lowest BCUT2D eigenvalue weighted by atomic mass is 10.4. The van der Waals surface area contributed by atoms with Crippen molar-refractivity contribution in [2.24, 2.45) is 0 Å². The molecule has 1 aromatic heterocycles. The number of hydrogen-bond donors (Lipinski definition) is 3. The van der Waals surface area contributed by atoms with E-state index < -0.39 is 18.1 Å². The molecule has 1 saturated heterocycles. The van der Waals surface area contributed by atoms with E-state index in [2.05, 4.69) is 0 Å². The summed E-state index contributed by atoms with van der Waals surface area (Å²) in [5.74, 6) is -0.995. The Morgan fingerprint density at radius 2 is 2.29 bits per heavy atom. The SMILES string of the molecule is Oc1cc(OC2CCCO2)c(O)n1O. The number of hydrogen-bond acceptors (Lipinski definition) is 5. The molecule has 0 saturated carbocycles. The highest BCUT2D eigenvalue weighted by atomic mass is 16.7. The lowest BCUT2D eigenvalue weighted by Gasteiger charge is -2.10. The second kappa shape index (κ2) is 3.30. The quantitative estimate of drug-likeness (QED) is 0.612. The summed E-state index contributed by atoms with van der Waals surface area (Å²) in [4.78, 5) is 0. The molecule has 0 aromatic carbocycles. The molecule has 3 N–H and O–H groups in total. The molecule has 2 rings (SSSR count). The topological polar surface area (TPSA) is 84.1 Å². The predicted molar refractivity (Wildman–Crippen MR) is 44.5 cm³/mol. The van der Waals surface area contributed by atoms with Crippen molar-refractivity contribution in [2.75, 3.05) is 6.61 Å². The lowest BCUT2D eigenvalue weighted by Crippen LogP contribution is -2.13. The van der Waals surface area contributed by atoms with Gasteiger partial charge in [0, 0.05) is 12.5 Å². The molecule has 1 unspecified atom stereocenters. The van der Waals surface area contributed by atoms with E-state index in [9.17, 15) is 5.11 Å². The number of ether oxygens (including phenoxy) is 2. The van der Waals surface area contributed by atoms with Crippen molar-refractivity contribution in [3.05, 3.63) is 6.07 Å². The maximum Gasteiger partial charge on any atom is 0.272 e. The van der Waals surface area contributed by atoms with Gasteiger partial charge in [-0.3, -0.25) is 0 Å². The Hall–Kier alpha value is -1.56. The fourth-order valence-electron chi connectivity index (χ4n) is 1.33. The second-order valence-corrected chi connectivity index (χ2v) is 3.06. The molecule has 6 nitrogen and oxygen atoms in total. The Morgan fingerprint density at radius 1 is 1.50 bits per heavy atom. The van der Waals surface area contributed by atoms with E-state index >= 15 is 0 Å². The van der Waals surface area contributed by atoms with Gasteiger partial charge in [0.1, 0.15) is 0 Å². The van der Waals surface area contributed by atoms with Gasteiger partial charge < -0.3 is 24.9 Å².